The van der Waals surface area contributed by atoms with Crippen molar-refractivity contribution >= 4 is 11.8 Å². The highest BCUT2D eigenvalue weighted by molar-refractivity contribution is 5.91. The van der Waals surface area contributed by atoms with Crippen molar-refractivity contribution in [3.8, 4) is 5.75 Å². The van der Waals surface area contributed by atoms with Gasteiger partial charge in [0, 0.05) is 0 Å². The molecule has 0 aromatic heterocycles. The van der Waals surface area contributed by atoms with Crippen molar-refractivity contribution in [2.45, 2.75) is 19.4 Å². The predicted molar refractivity (Wildman–Crippen MR) is 56.0 cm³/mol. The Kier molecular flexibility index (Phi) is 2.07. The second kappa shape index (κ2) is 3.15. The van der Waals surface area contributed by atoms with Gasteiger partial charge in [-0.05, 0) is 26.0 Å². The van der Waals surface area contributed by atoms with Gasteiger partial charge in [0.1, 0.15) is 11.4 Å². The van der Waals surface area contributed by atoms with Gasteiger partial charge >= 0.3 is 6.09 Å². The zero-order valence-electron chi connectivity index (χ0n) is 8.73. The predicted octanol–water partition coefficient (Wildman–Crippen LogP) is 2.13. The van der Waals surface area contributed by atoms with E-state index >= 15 is 0 Å². The lowest BCUT2D eigenvalue weighted by Crippen LogP contribution is -2.28. The summed E-state index contributed by atoms with van der Waals surface area (Å²) in [4.78, 5) is 13.0. The SMILES string of the molecule is CC1(C)CN(c2ccccc2O)C(=O)O1. The van der Waals surface area contributed by atoms with Crippen molar-refractivity contribution in [1.82, 2.24) is 0 Å². The number of anilines is 1. The number of benzene rings is 1. The first-order chi connectivity index (χ1) is 6.99. The average Bonchev–Trinajstić information content (AvgIpc) is 2.40. The molecule has 4 heteroatoms. The van der Waals surface area contributed by atoms with Crippen LogP contribution in [0.15, 0.2) is 24.3 Å². The Labute approximate surface area is 88.1 Å². The fourth-order valence-electron chi connectivity index (χ4n) is 1.64. The number of carbonyl (C=O) groups excluding carboxylic acids is 1. The third-order valence-corrected chi connectivity index (χ3v) is 2.30. The molecule has 1 aliphatic rings. The summed E-state index contributed by atoms with van der Waals surface area (Å²) in [6, 6.07) is 6.73. The van der Waals surface area contributed by atoms with Crippen LogP contribution in [0.5, 0.6) is 5.75 Å². The number of cyclic esters (lactones) is 1. The van der Waals surface area contributed by atoms with Crippen LogP contribution in [-0.2, 0) is 4.74 Å². The zero-order valence-corrected chi connectivity index (χ0v) is 8.73. The van der Waals surface area contributed by atoms with E-state index in [0.717, 1.165) is 0 Å². The maximum absolute atomic E-state index is 11.5. The molecular formula is C11H13NO3. The summed E-state index contributed by atoms with van der Waals surface area (Å²) >= 11 is 0. The molecule has 2 rings (SSSR count). The van der Waals surface area contributed by atoms with Gasteiger partial charge in [0.15, 0.2) is 0 Å². The van der Waals surface area contributed by atoms with Gasteiger partial charge in [-0.3, -0.25) is 4.90 Å². The Morgan fingerprint density at radius 3 is 2.60 bits per heavy atom. The number of rotatable bonds is 1. The van der Waals surface area contributed by atoms with E-state index in [0.29, 0.717) is 12.2 Å². The molecule has 1 aromatic rings. The van der Waals surface area contributed by atoms with Crippen LogP contribution < -0.4 is 4.90 Å². The minimum Gasteiger partial charge on any atom is -0.506 e. The van der Waals surface area contributed by atoms with Gasteiger partial charge in [-0.15, -0.1) is 0 Å². The van der Waals surface area contributed by atoms with Gasteiger partial charge in [0.25, 0.3) is 0 Å². The van der Waals surface area contributed by atoms with Gasteiger partial charge < -0.3 is 9.84 Å². The topological polar surface area (TPSA) is 49.8 Å². The number of phenols is 1. The molecule has 0 unspecified atom stereocenters. The van der Waals surface area contributed by atoms with Crippen LogP contribution in [-0.4, -0.2) is 23.3 Å². The summed E-state index contributed by atoms with van der Waals surface area (Å²) in [5, 5.41) is 9.61. The number of ether oxygens (including phenoxy) is 1. The van der Waals surface area contributed by atoms with E-state index in [1.165, 1.54) is 4.90 Å². The maximum Gasteiger partial charge on any atom is 0.415 e. The third-order valence-electron chi connectivity index (χ3n) is 2.30. The summed E-state index contributed by atoms with van der Waals surface area (Å²) in [6.45, 7) is 4.12. The zero-order chi connectivity index (χ0) is 11.1. The lowest BCUT2D eigenvalue weighted by Gasteiger charge is -2.16. The Morgan fingerprint density at radius 2 is 2.07 bits per heavy atom. The van der Waals surface area contributed by atoms with Crippen LogP contribution in [0.25, 0.3) is 0 Å². The smallest absolute Gasteiger partial charge is 0.415 e. The Balaban J connectivity index is 2.34. The average molecular weight is 207 g/mol. The Morgan fingerprint density at radius 1 is 1.40 bits per heavy atom. The number of carbonyl (C=O) groups is 1. The van der Waals surface area contributed by atoms with Crippen molar-refractivity contribution in [3.05, 3.63) is 24.3 Å². The van der Waals surface area contributed by atoms with Crippen LogP contribution in [0.3, 0.4) is 0 Å². The van der Waals surface area contributed by atoms with Crippen molar-refractivity contribution < 1.29 is 14.6 Å². The van der Waals surface area contributed by atoms with Gasteiger partial charge in [0.2, 0.25) is 0 Å². The third kappa shape index (κ3) is 1.75. The second-order valence-corrected chi connectivity index (χ2v) is 4.20. The number of hydrogen-bond acceptors (Lipinski definition) is 3. The van der Waals surface area contributed by atoms with Gasteiger partial charge in [-0.2, -0.15) is 0 Å². The molecule has 80 valence electrons. The van der Waals surface area contributed by atoms with Crippen LogP contribution in [0, 0.1) is 0 Å². The summed E-state index contributed by atoms with van der Waals surface area (Å²) < 4.78 is 5.15. The highest BCUT2D eigenvalue weighted by atomic mass is 16.6. The number of para-hydroxylation sites is 2. The molecule has 1 heterocycles. The maximum atomic E-state index is 11.5. The number of amides is 1. The van der Waals surface area contributed by atoms with E-state index in [9.17, 15) is 9.90 Å². The lowest BCUT2D eigenvalue weighted by atomic mass is 10.1. The molecule has 1 fully saturated rings. The van der Waals surface area contributed by atoms with E-state index in [2.05, 4.69) is 0 Å². The molecule has 0 bridgehead atoms. The molecule has 0 spiro atoms. The van der Waals surface area contributed by atoms with Crippen LogP contribution >= 0.6 is 0 Å². The largest absolute Gasteiger partial charge is 0.506 e. The first-order valence-corrected chi connectivity index (χ1v) is 4.78. The molecular weight excluding hydrogens is 194 g/mol. The fourth-order valence-corrected chi connectivity index (χ4v) is 1.64. The fraction of sp³-hybridized carbons (Fsp3) is 0.364. The molecule has 1 aliphatic heterocycles. The van der Waals surface area contributed by atoms with Gasteiger partial charge in [-0.25, -0.2) is 4.79 Å². The quantitative estimate of drug-likeness (QED) is 0.767. The molecule has 0 radical (unpaired) electrons. The summed E-state index contributed by atoms with van der Waals surface area (Å²) in [5.74, 6) is 0.0900. The van der Waals surface area contributed by atoms with Gasteiger partial charge in [-0.1, -0.05) is 12.1 Å². The molecule has 1 saturated heterocycles. The number of hydrogen-bond donors (Lipinski definition) is 1. The first kappa shape index (κ1) is 9.83. The highest BCUT2D eigenvalue weighted by Gasteiger charge is 2.39. The van der Waals surface area contributed by atoms with Crippen LogP contribution in [0.2, 0.25) is 0 Å². The lowest BCUT2D eigenvalue weighted by molar-refractivity contribution is 0.0871. The molecule has 1 aromatic carbocycles. The van der Waals surface area contributed by atoms with Crippen LogP contribution in [0.4, 0.5) is 10.5 Å². The van der Waals surface area contributed by atoms with Gasteiger partial charge in [0.05, 0.1) is 12.2 Å². The second-order valence-electron chi connectivity index (χ2n) is 4.20. The van der Waals surface area contributed by atoms with Crippen molar-refractivity contribution in [1.29, 1.82) is 0 Å². The highest BCUT2D eigenvalue weighted by Crippen LogP contribution is 2.32. The number of nitrogens with zero attached hydrogens (tertiary/aromatic N) is 1. The first-order valence-electron chi connectivity index (χ1n) is 4.78. The number of aromatic hydroxyl groups is 1. The molecule has 0 saturated carbocycles. The summed E-state index contributed by atoms with van der Waals surface area (Å²) in [6.07, 6.45) is -0.415. The summed E-state index contributed by atoms with van der Waals surface area (Å²) in [7, 11) is 0. The Hall–Kier alpha value is -1.71. The standard InChI is InChI=1S/C11H13NO3/c1-11(2)7-12(10(14)15-11)8-5-3-4-6-9(8)13/h3-6,13H,7H2,1-2H3. The molecule has 1 N–H and O–H groups in total. The van der Waals surface area contributed by atoms with Crippen molar-refractivity contribution in [3.63, 3.8) is 0 Å². The molecule has 15 heavy (non-hydrogen) atoms. The minimum atomic E-state index is -0.501. The molecule has 0 atom stereocenters. The van der Waals surface area contributed by atoms with Crippen molar-refractivity contribution in [2.75, 3.05) is 11.4 Å². The molecule has 4 nitrogen and oxygen atoms in total. The monoisotopic (exact) mass is 207 g/mol. The summed E-state index contributed by atoms with van der Waals surface area (Å²) in [5.41, 5.74) is -0.00704. The van der Waals surface area contributed by atoms with E-state index in [1.54, 1.807) is 24.3 Å². The Bertz CT molecular complexity index is 401. The number of phenolic OH excluding ortho intramolecular Hbond substituents is 1. The van der Waals surface area contributed by atoms with E-state index in [1.807, 2.05) is 13.8 Å². The van der Waals surface area contributed by atoms with E-state index < -0.39 is 11.7 Å². The van der Waals surface area contributed by atoms with Crippen molar-refractivity contribution in [2.24, 2.45) is 0 Å². The van der Waals surface area contributed by atoms with E-state index in [4.69, 9.17) is 4.74 Å². The molecule has 1 amide bonds. The van der Waals surface area contributed by atoms with Crippen LogP contribution in [0.1, 0.15) is 13.8 Å². The normalized spacial score (nSPS) is 19.1. The minimum absolute atomic E-state index is 0.0900. The van der Waals surface area contributed by atoms with E-state index in [-0.39, 0.29) is 5.75 Å². The molecule has 0 aliphatic carbocycles.